The molecule has 19 nitrogen and oxygen atoms in total. The van der Waals surface area contributed by atoms with Crippen LogP contribution in [0.5, 0.6) is 23.0 Å². The number of nitro groups is 2. The molecular formula is C41H41N5O14. The molecule has 4 N–H and O–H groups in total. The van der Waals surface area contributed by atoms with Crippen molar-refractivity contribution < 1.29 is 58.8 Å². The number of methoxy groups -OCH3 is 4. The van der Waals surface area contributed by atoms with Gasteiger partial charge in [-0.2, -0.15) is 0 Å². The van der Waals surface area contributed by atoms with Crippen molar-refractivity contribution in [3.8, 4) is 23.0 Å². The highest BCUT2D eigenvalue weighted by atomic mass is 16.6. The standard InChI is InChI=1S/C41H41N5O14/c1-57-34-16-30(32(45(53)54)18-36(34)59-3)40(51)24-8-12-28(13-9-24)43(22-38(47)48)20-26-6-5-7-27(42-26)21-44(23-39(49)50)29-14-10-25(11-15-29)41(52)31-17-35(58-2)37(60-4)19-33(31)46(55)56/h5-19,40-41,51-52H,20-23H2,1-4H3,(H,47,48)(H,49,50). The van der Waals surface area contributed by atoms with Gasteiger partial charge in [-0.25, -0.2) is 0 Å². The van der Waals surface area contributed by atoms with Crippen molar-refractivity contribution in [1.29, 1.82) is 0 Å². The van der Waals surface area contributed by atoms with E-state index in [1.165, 1.54) is 74.6 Å². The minimum Gasteiger partial charge on any atom is -0.493 e. The van der Waals surface area contributed by atoms with Crippen molar-refractivity contribution in [2.75, 3.05) is 51.3 Å². The van der Waals surface area contributed by atoms with Gasteiger partial charge >= 0.3 is 11.9 Å². The van der Waals surface area contributed by atoms with Crippen LogP contribution in [-0.2, 0) is 22.7 Å². The van der Waals surface area contributed by atoms with Crippen LogP contribution in [0.15, 0.2) is 91.0 Å². The molecule has 0 radical (unpaired) electrons. The lowest BCUT2D eigenvalue weighted by Crippen LogP contribution is -2.31. The third-order valence-electron chi connectivity index (χ3n) is 9.42. The van der Waals surface area contributed by atoms with E-state index in [-0.39, 0.29) is 69.7 Å². The number of ether oxygens (including phenoxy) is 4. The Labute approximate surface area is 342 Å². The second kappa shape index (κ2) is 19.3. The van der Waals surface area contributed by atoms with Gasteiger partial charge in [-0.15, -0.1) is 0 Å². The summed E-state index contributed by atoms with van der Waals surface area (Å²) in [6.07, 6.45) is -2.89. The van der Waals surface area contributed by atoms with Crippen molar-refractivity contribution >= 4 is 34.7 Å². The normalized spacial score (nSPS) is 11.8. The zero-order valence-corrected chi connectivity index (χ0v) is 32.8. The lowest BCUT2D eigenvalue weighted by atomic mass is 9.99. The fourth-order valence-electron chi connectivity index (χ4n) is 6.52. The van der Waals surface area contributed by atoms with E-state index in [0.717, 1.165) is 12.1 Å². The summed E-state index contributed by atoms with van der Waals surface area (Å²) in [4.78, 5) is 54.1. The van der Waals surface area contributed by atoms with Crippen LogP contribution in [0.3, 0.4) is 0 Å². The molecule has 0 bridgehead atoms. The summed E-state index contributed by atoms with van der Waals surface area (Å²) >= 11 is 0. The van der Waals surface area contributed by atoms with Crippen LogP contribution in [0.1, 0.15) is 45.8 Å². The van der Waals surface area contributed by atoms with E-state index in [1.54, 1.807) is 42.5 Å². The van der Waals surface area contributed by atoms with Gasteiger partial charge in [0.25, 0.3) is 11.4 Å². The second-order valence-electron chi connectivity index (χ2n) is 13.2. The summed E-state index contributed by atoms with van der Waals surface area (Å²) < 4.78 is 20.9. The molecule has 0 spiro atoms. The first-order valence-corrected chi connectivity index (χ1v) is 17.9. The monoisotopic (exact) mass is 827 g/mol. The van der Waals surface area contributed by atoms with E-state index in [2.05, 4.69) is 4.98 Å². The maximum absolute atomic E-state index is 12.0. The molecule has 19 heteroatoms. The molecule has 60 heavy (non-hydrogen) atoms. The molecule has 0 amide bonds. The van der Waals surface area contributed by atoms with Crippen LogP contribution in [0.2, 0.25) is 0 Å². The third kappa shape index (κ3) is 10.1. The lowest BCUT2D eigenvalue weighted by Gasteiger charge is -2.25. The molecule has 0 aliphatic carbocycles. The highest BCUT2D eigenvalue weighted by Crippen LogP contribution is 2.41. The van der Waals surface area contributed by atoms with Gasteiger partial charge in [-0.1, -0.05) is 30.3 Å². The average molecular weight is 828 g/mol. The maximum Gasteiger partial charge on any atom is 0.323 e. The molecule has 0 aliphatic heterocycles. The molecule has 0 saturated carbocycles. The SMILES string of the molecule is COc1cc(C(O)c2ccc(N(CC(=O)O)Cc3cccc(CN(CC(=O)O)c4ccc(C(O)c5cc(OC)c(OC)cc5[N+](=O)[O-])cc4)n3)cc2)c([N+](=O)[O-])cc1OC. The molecule has 1 heterocycles. The first-order valence-electron chi connectivity index (χ1n) is 17.9. The number of aromatic nitrogens is 1. The number of benzene rings is 4. The predicted molar refractivity (Wildman–Crippen MR) is 215 cm³/mol. The number of hydrogen-bond acceptors (Lipinski definition) is 15. The number of aliphatic hydroxyl groups excluding tert-OH is 2. The topological polar surface area (TPSA) is 258 Å². The van der Waals surface area contributed by atoms with E-state index >= 15 is 0 Å². The number of hydrogen-bond donors (Lipinski definition) is 4. The van der Waals surface area contributed by atoms with Crippen molar-refractivity contribution in [2.24, 2.45) is 0 Å². The molecule has 0 aliphatic rings. The van der Waals surface area contributed by atoms with Crippen LogP contribution in [0.4, 0.5) is 22.7 Å². The van der Waals surface area contributed by atoms with Gasteiger partial charge in [-0.3, -0.25) is 34.8 Å². The summed E-state index contributed by atoms with van der Waals surface area (Å²) in [5.41, 5.74) is 1.49. The molecule has 2 atom stereocenters. The number of nitrogens with zero attached hydrogens (tertiary/aromatic N) is 5. The van der Waals surface area contributed by atoms with E-state index in [9.17, 15) is 50.2 Å². The first kappa shape index (κ1) is 43.6. The summed E-state index contributed by atoms with van der Waals surface area (Å²) in [6, 6.07) is 22.3. The third-order valence-corrected chi connectivity index (χ3v) is 9.42. The minimum absolute atomic E-state index is 0.0109. The van der Waals surface area contributed by atoms with Crippen LogP contribution in [0, 0.1) is 20.2 Å². The first-order chi connectivity index (χ1) is 28.7. The van der Waals surface area contributed by atoms with E-state index in [4.69, 9.17) is 18.9 Å². The van der Waals surface area contributed by atoms with E-state index < -0.39 is 47.1 Å². The molecule has 314 valence electrons. The molecule has 1 aromatic heterocycles. The number of aliphatic carboxylic acids is 2. The fourth-order valence-corrected chi connectivity index (χ4v) is 6.52. The summed E-state index contributed by atoms with van der Waals surface area (Å²) in [7, 11) is 5.38. The van der Waals surface area contributed by atoms with Gasteiger partial charge in [-0.05, 0) is 59.7 Å². The second-order valence-corrected chi connectivity index (χ2v) is 13.2. The Balaban J connectivity index is 1.36. The summed E-state index contributed by atoms with van der Waals surface area (Å²) in [5.74, 6) is -1.70. The van der Waals surface area contributed by atoms with Gasteiger partial charge in [0.2, 0.25) is 0 Å². The van der Waals surface area contributed by atoms with Crippen molar-refractivity contribution in [3.63, 3.8) is 0 Å². The van der Waals surface area contributed by atoms with Gasteiger partial charge in [0.15, 0.2) is 23.0 Å². The van der Waals surface area contributed by atoms with E-state index in [1.807, 2.05) is 0 Å². The fraction of sp³-hybridized carbons (Fsp3) is 0.244. The van der Waals surface area contributed by atoms with Gasteiger partial charge < -0.3 is 49.2 Å². The van der Waals surface area contributed by atoms with Crippen LogP contribution >= 0.6 is 0 Å². The largest absolute Gasteiger partial charge is 0.493 e. The highest BCUT2D eigenvalue weighted by molar-refractivity contribution is 5.74. The highest BCUT2D eigenvalue weighted by Gasteiger charge is 2.28. The number of pyridine rings is 1. The molecule has 0 fully saturated rings. The number of carbonyl (C=O) groups is 2. The summed E-state index contributed by atoms with van der Waals surface area (Å²) in [5, 5.41) is 65.6. The zero-order chi connectivity index (χ0) is 43.7. The van der Waals surface area contributed by atoms with Crippen molar-refractivity contribution in [2.45, 2.75) is 25.3 Å². The number of carboxylic acid groups (broad SMARTS) is 2. The molecule has 5 aromatic rings. The van der Waals surface area contributed by atoms with Crippen LogP contribution in [0.25, 0.3) is 0 Å². The number of aliphatic hydroxyl groups is 2. The van der Waals surface area contributed by atoms with Gasteiger partial charge in [0.05, 0.1) is 86.0 Å². The number of nitro benzene ring substituents is 2. The molecule has 2 unspecified atom stereocenters. The Morgan fingerprint density at radius 1 is 0.600 bits per heavy atom. The Morgan fingerprint density at radius 2 is 0.933 bits per heavy atom. The molecule has 5 rings (SSSR count). The Hall–Kier alpha value is -7.51. The lowest BCUT2D eigenvalue weighted by molar-refractivity contribution is -0.386. The van der Waals surface area contributed by atoms with E-state index in [0.29, 0.717) is 22.8 Å². The zero-order valence-electron chi connectivity index (χ0n) is 32.8. The quantitative estimate of drug-likeness (QED) is 0.0575. The number of rotatable bonds is 20. The number of carboxylic acids is 2. The minimum atomic E-state index is -1.44. The summed E-state index contributed by atoms with van der Waals surface area (Å²) in [6.45, 7) is -0.858. The van der Waals surface area contributed by atoms with Crippen molar-refractivity contribution in [3.05, 3.63) is 145 Å². The van der Waals surface area contributed by atoms with Crippen LogP contribution in [-0.4, -0.2) is 88.7 Å². The molecule has 0 saturated heterocycles. The van der Waals surface area contributed by atoms with Gasteiger partial charge in [0.1, 0.15) is 25.3 Å². The van der Waals surface area contributed by atoms with Crippen molar-refractivity contribution in [1.82, 2.24) is 4.98 Å². The Morgan fingerprint density at radius 3 is 1.23 bits per heavy atom. The maximum atomic E-state index is 12.0. The Kier molecular flexibility index (Phi) is 14.0. The average Bonchev–Trinajstić information content (AvgIpc) is 3.24. The predicted octanol–water partition coefficient (Wildman–Crippen LogP) is 5.28. The Bertz CT molecular complexity index is 2200. The molecule has 4 aromatic carbocycles. The van der Waals surface area contributed by atoms with Gasteiger partial charge in [0, 0.05) is 11.4 Å². The number of anilines is 2. The molecular weight excluding hydrogens is 786 g/mol. The smallest absolute Gasteiger partial charge is 0.323 e. The van der Waals surface area contributed by atoms with Crippen LogP contribution < -0.4 is 28.7 Å².